The van der Waals surface area contributed by atoms with Gasteiger partial charge in [-0.15, -0.1) is 0 Å². The lowest BCUT2D eigenvalue weighted by Gasteiger charge is -2.22. The fourth-order valence-electron chi connectivity index (χ4n) is 1.68. The Labute approximate surface area is 105 Å². The lowest BCUT2D eigenvalue weighted by atomic mass is 10.2. The van der Waals surface area contributed by atoms with Gasteiger partial charge in [0.25, 0.3) is 0 Å². The molecule has 0 saturated carbocycles. The average Bonchev–Trinajstić information content (AvgIpc) is 2.36. The Kier molecular flexibility index (Phi) is 12.2. The molecular formula is C13H28O4. The summed E-state index contributed by atoms with van der Waals surface area (Å²) >= 11 is 0. The summed E-state index contributed by atoms with van der Waals surface area (Å²) in [5.41, 5.74) is 0. The summed E-state index contributed by atoms with van der Waals surface area (Å²) in [5.74, 6) is 0. The van der Waals surface area contributed by atoms with Gasteiger partial charge in [0, 0.05) is 20.8 Å². The standard InChI is InChI=1S/C13H28O4/c1-4-5-6-7-8-9-17-11-13(16-3)12(10-14)15-2/h12-14H,4-11H2,1-3H3. The van der Waals surface area contributed by atoms with Crippen molar-refractivity contribution in [3.63, 3.8) is 0 Å². The third-order valence-electron chi connectivity index (χ3n) is 2.87. The van der Waals surface area contributed by atoms with Crippen molar-refractivity contribution in [2.45, 2.75) is 51.2 Å². The molecule has 2 unspecified atom stereocenters. The Morgan fingerprint density at radius 3 is 2.12 bits per heavy atom. The summed E-state index contributed by atoms with van der Waals surface area (Å²) in [4.78, 5) is 0. The van der Waals surface area contributed by atoms with Gasteiger partial charge in [0.2, 0.25) is 0 Å². The second-order valence-electron chi connectivity index (χ2n) is 4.22. The van der Waals surface area contributed by atoms with Crippen LogP contribution in [0.15, 0.2) is 0 Å². The van der Waals surface area contributed by atoms with Crippen molar-refractivity contribution >= 4 is 0 Å². The van der Waals surface area contributed by atoms with E-state index < -0.39 is 0 Å². The quantitative estimate of drug-likeness (QED) is 0.537. The van der Waals surface area contributed by atoms with Crippen LogP contribution in [0.3, 0.4) is 0 Å². The number of rotatable bonds is 12. The van der Waals surface area contributed by atoms with E-state index in [0.717, 1.165) is 13.0 Å². The highest BCUT2D eigenvalue weighted by Gasteiger charge is 2.19. The lowest BCUT2D eigenvalue weighted by Crippen LogP contribution is -2.36. The van der Waals surface area contributed by atoms with Crippen molar-refractivity contribution in [3.8, 4) is 0 Å². The summed E-state index contributed by atoms with van der Waals surface area (Å²) < 4.78 is 15.9. The fraction of sp³-hybridized carbons (Fsp3) is 1.00. The molecule has 0 rings (SSSR count). The molecule has 4 nitrogen and oxygen atoms in total. The highest BCUT2D eigenvalue weighted by molar-refractivity contribution is 4.68. The largest absolute Gasteiger partial charge is 0.394 e. The first-order valence-electron chi connectivity index (χ1n) is 6.54. The van der Waals surface area contributed by atoms with Gasteiger partial charge in [-0.25, -0.2) is 0 Å². The van der Waals surface area contributed by atoms with E-state index in [4.69, 9.17) is 19.3 Å². The molecule has 0 aliphatic carbocycles. The minimum absolute atomic E-state index is 0.0468. The highest BCUT2D eigenvalue weighted by atomic mass is 16.6. The average molecular weight is 248 g/mol. The van der Waals surface area contributed by atoms with Crippen molar-refractivity contribution < 1.29 is 19.3 Å². The monoisotopic (exact) mass is 248 g/mol. The minimum Gasteiger partial charge on any atom is -0.394 e. The van der Waals surface area contributed by atoms with Crippen LogP contribution in [0.1, 0.15) is 39.0 Å². The minimum atomic E-state index is -0.305. The molecule has 104 valence electrons. The molecule has 1 N–H and O–H groups in total. The van der Waals surface area contributed by atoms with Crippen LogP contribution in [-0.2, 0) is 14.2 Å². The third kappa shape index (κ3) is 8.55. The van der Waals surface area contributed by atoms with Gasteiger partial charge >= 0.3 is 0 Å². The Bertz CT molecular complexity index is 148. The molecule has 0 spiro atoms. The number of ether oxygens (including phenoxy) is 3. The second kappa shape index (κ2) is 12.3. The Morgan fingerprint density at radius 1 is 0.941 bits per heavy atom. The molecule has 0 aromatic carbocycles. The van der Waals surface area contributed by atoms with Crippen LogP contribution in [0.4, 0.5) is 0 Å². The van der Waals surface area contributed by atoms with E-state index >= 15 is 0 Å². The molecule has 0 saturated heterocycles. The van der Waals surface area contributed by atoms with E-state index in [-0.39, 0.29) is 18.8 Å². The molecule has 0 radical (unpaired) electrons. The first-order chi connectivity index (χ1) is 8.29. The summed E-state index contributed by atoms with van der Waals surface area (Å²) in [6.45, 7) is 3.39. The van der Waals surface area contributed by atoms with Gasteiger partial charge in [0.05, 0.1) is 13.2 Å². The highest BCUT2D eigenvalue weighted by Crippen LogP contribution is 2.05. The number of aliphatic hydroxyl groups excluding tert-OH is 1. The van der Waals surface area contributed by atoms with E-state index in [1.54, 1.807) is 14.2 Å². The zero-order valence-corrected chi connectivity index (χ0v) is 11.5. The number of hydrogen-bond acceptors (Lipinski definition) is 4. The molecule has 0 amide bonds. The fourth-order valence-corrected chi connectivity index (χ4v) is 1.68. The van der Waals surface area contributed by atoms with E-state index in [0.29, 0.717) is 6.61 Å². The predicted octanol–water partition coefficient (Wildman–Crippen LogP) is 2.00. The molecule has 0 bridgehead atoms. The van der Waals surface area contributed by atoms with Crippen LogP contribution in [-0.4, -0.2) is 51.4 Å². The molecule has 2 atom stereocenters. The molecule has 0 aliphatic heterocycles. The van der Waals surface area contributed by atoms with Gasteiger partial charge in [-0.3, -0.25) is 0 Å². The van der Waals surface area contributed by atoms with Crippen LogP contribution in [0, 0.1) is 0 Å². The number of methoxy groups -OCH3 is 2. The summed E-state index contributed by atoms with van der Waals surface area (Å²) in [5, 5.41) is 9.07. The van der Waals surface area contributed by atoms with Crippen LogP contribution < -0.4 is 0 Å². The van der Waals surface area contributed by atoms with E-state index in [1.807, 2.05) is 0 Å². The second-order valence-corrected chi connectivity index (χ2v) is 4.22. The third-order valence-corrected chi connectivity index (χ3v) is 2.87. The summed E-state index contributed by atoms with van der Waals surface area (Å²) in [6, 6.07) is 0. The van der Waals surface area contributed by atoms with Crippen molar-refractivity contribution in [2.75, 3.05) is 34.0 Å². The van der Waals surface area contributed by atoms with Crippen LogP contribution in [0.5, 0.6) is 0 Å². The first kappa shape index (κ1) is 16.8. The number of aliphatic hydroxyl groups is 1. The normalized spacial score (nSPS) is 14.8. The van der Waals surface area contributed by atoms with Gasteiger partial charge in [-0.1, -0.05) is 32.6 Å². The van der Waals surface area contributed by atoms with Crippen molar-refractivity contribution in [1.82, 2.24) is 0 Å². The van der Waals surface area contributed by atoms with E-state index in [2.05, 4.69) is 6.92 Å². The van der Waals surface area contributed by atoms with Crippen LogP contribution in [0.25, 0.3) is 0 Å². The summed E-state index contributed by atoms with van der Waals surface area (Å²) in [7, 11) is 3.18. The van der Waals surface area contributed by atoms with E-state index in [1.165, 1.54) is 25.7 Å². The summed E-state index contributed by atoms with van der Waals surface area (Å²) in [6.07, 6.45) is 5.66. The smallest absolute Gasteiger partial charge is 0.109 e. The Hall–Kier alpha value is -0.160. The topological polar surface area (TPSA) is 47.9 Å². The predicted molar refractivity (Wildman–Crippen MR) is 68.3 cm³/mol. The molecule has 4 heteroatoms. The maximum absolute atomic E-state index is 9.07. The van der Waals surface area contributed by atoms with E-state index in [9.17, 15) is 0 Å². The van der Waals surface area contributed by atoms with Crippen LogP contribution >= 0.6 is 0 Å². The molecule has 0 aromatic heterocycles. The molecule has 0 heterocycles. The molecule has 17 heavy (non-hydrogen) atoms. The molecule has 0 fully saturated rings. The Morgan fingerprint density at radius 2 is 1.59 bits per heavy atom. The number of hydrogen-bond donors (Lipinski definition) is 1. The van der Waals surface area contributed by atoms with Crippen molar-refractivity contribution in [1.29, 1.82) is 0 Å². The van der Waals surface area contributed by atoms with Gasteiger partial charge < -0.3 is 19.3 Å². The zero-order valence-electron chi connectivity index (χ0n) is 11.5. The number of unbranched alkanes of at least 4 members (excludes halogenated alkanes) is 4. The van der Waals surface area contributed by atoms with Gasteiger partial charge in [0.15, 0.2) is 0 Å². The SMILES string of the molecule is CCCCCCCOCC(OC)C(CO)OC. The molecular weight excluding hydrogens is 220 g/mol. The van der Waals surface area contributed by atoms with Gasteiger partial charge in [0.1, 0.15) is 12.2 Å². The first-order valence-corrected chi connectivity index (χ1v) is 6.54. The van der Waals surface area contributed by atoms with Gasteiger partial charge in [-0.05, 0) is 6.42 Å². The van der Waals surface area contributed by atoms with Crippen molar-refractivity contribution in [3.05, 3.63) is 0 Å². The lowest BCUT2D eigenvalue weighted by molar-refractivity contribution is -0.0919. The molecule has 0 aromatic rings. The van der Waals surface area contributed by atoms with Gasteiger partial charge in [-0.2, -0.15) is 0 Å². The maximum Gasteiger partial charge on any atom is 0.109 e. The maximum atomic E-state index is 9.07. The van der Waals surface area contributed by atoms with Crippen LogP contribution in [0.2, 0.25) is 0 Å². The Balaban J connectivity index is 3.49. The zero-order chi connectivity index (χ0) is 12.9. The molecule has 0 aliphatic rings. The van der Waals surface area contributed by atoms with Crippen molar-refractivity contribution in [2.24, 2.45) is 0 Å².